The van der Waals surface area contributed by atoms with Crippen molar-refractivity contribution in [3.8, 4) is 0 Å². The van der Waals surface area contributed by atoms with Crippen LogP contribution in [0.15, 0.2) is 5.76 Å². The van der Waals surface area contributed by atoms with Crippen molar-refractivity contribution in [3.05, 3.63) is 19.8 Å². The predicted octanol–water partition coefficient (Wildman–Crippen LogP) is 1.30. The van der Waals surface area contributed by atoms with Crippen molar-refractivity contribution in [2.45, 2.75) is 18.9 Å². The maximum absolute atomic E-state index is 5.54. The second-order valence-electron chi connectivity index (χ2n) is 2.41. The molecule has 2 nitrogen and oxygen atoms in total. The summed E-state index contributed by atoms with van der Waals surface area (Å²) in [6.07, 6.45) is 2.03. The molecule has 0 aliphatic carbocycles. The fourth-order valence-corrected chi connectivity index (χ4v) is 0.863. The molecular formula is C9H14O2Rh-2. The van der Waals surface area contributed by atoms with Crippen LogP contribution in [0, 0.1) is 14.0 Å². The molecule has 0 bridgehead atoms. The van der Waals surface area contributed by atoms with Crippen molar-refractivity contribution in [2.75, 3.05) is 13.2 Å². The summed E-state index contributed by atoms with van der Waals surface area (Å²) in [4.78, 5) is 0. The maximum Gasteiger partial charge on any atom is -0.358 e. The minimum atomic E-state index is 0. The molecule has 1 unspecified atom stereocenters. The van der Waals surface area contributed by atoms with E-state index >= 15 is 0 Å². The first-order valence-electron chi connectivity index (χ1n) is 3.58. The fourth-order valence-electron chi connectivity index (χ4n) is 0.627. The fraction of sp³-hybridized carbons (Fsp3) is 0.556. The first kappa shape index (κ1) is 12.0. The van der Waals surface area contributed by atoms with Crippen LogP contribution in [-0.2, 0) is 27.3 Å². The Labute approximate surface area is 84.1 Å². The summed E-state index contributed by atoms with van der Waals surface area (Å²) in [7, 11) is 0. The number of hydrogen-bond acceptors (Lipinski definition) is 2. The van der Waals surface area contributed by atoms with Gasteiger partial charge >= 0.3 is 76.4 Å². The van der Waals surface area contributed by atoms with E-state index in [0.717, 1.165) is 19.4 Å². The van der Waals surface area contributed by atoms with Gasteiger partial charge in [-0.15, -0.1) is 0 Å². The van der Waals surface area contributed by atoms with Crippen molar-refractivity contribution in [2.24, 2.45) is 0 Å². The van der Waals surface area contributed by atoms with Crippen LogP contribution in [0.3, 0.4) is 0 Å². The Hall–Kier alpha value is -0.00662. The van der Waals surface area contributed by atoms with Gasteiger partial charge in [-0.1, -0.05) is 0 Å². The molecule has 1 saturated heterocycles. The van der Waals surface area contributed by atoms with E-state index in [4.69, 9.17) is 16.1 Å². The summed E-state index contributed by atoms with van der Waals surface area (Å²) in [5.41, 5.74) is 0. The third kappa shape index (κ3) is 5.62. The van der Waals surface area contributed by atoms with Crippen molar-refractivity contribution < 1.29 is 27.3 Å². The minimum absolute atomic E-state index is 0. The molecule has 1 rings (SSSR count). The van der Waals surface area contributed by atoms with Crippen LogP contribution < -0.4 is 0 Å². The second-order valence-corrected chi connectivity index (χ2v) is 3.08. The van der Waals surface area contributed by atoms with Gasteiger partial charge in [0.05, 0.1) is 0 Å². The molecular weight excluding hydrogens is 243 g/mol. The Bertz CT molecular complexity index is 153. The quantitative estimate of drug-likeness (QED) is 0.309. The molecule has 12 heavy (non-hydrogen) atoms. The van der Waals surface area contributed by atoms with Gasteiger partial charge in [-0.25, -0.2) is 0 Å². The Morgan fingerprint density at radius 3 is 2.92 bits per heavy atom. The zero-order chi connectivity index (χ0) is 8.10. The molecule has 1 aliphatic rings. The summed E-state index contributed by atoms with van der Waals surface area (Å²) in [5.74, 6) is 0.606. The standard InChI is InChI=1S/C8H11O2.CH3.Rh/c1-3-4-7(2)9-5-8-6-10-8;;/h1-2,8H,3-6H2;1H3;/q2*-1;. The Balaban J connectivity index is 0.00000121. The second kappa shape index (κ2) is 6.50. The van der Waals surface area contributed by atoms with E-state index in [1.165, 1.54) is 0 Å². The van der Waals surface area contributed by atoms with Gasteiger partial charge in [-0.3, -0.25) is 0 Å². The number of ether oxygens (including phenoxy) is 2. The summed E-state index contributed by atoms with van der Waals surface area (Å²) in [6, 6.07) is 0. The molecule has 0 aromatic carbocycles. The van der Waals surface area contributed by atoms with E-state index in [1.54, 1.807) is 0 Å². The number of hydrogen-bond donors (Lipinski definition) is 0. The molecule has 1 fully saturated rings. The summed E-state index contributed by atoms with van der Waals surface area (Å²) < 4.78 is 12.1. The predicted molar refractivity (Wildman–Crippen MR) is 45.2 cm³/mol. The van der Waals surface area contributed by atoms with E-state index < -0.39 is 0 Å². The smallest absolute Gasteiger partial charge is 0.358 e. The van der Waals surface area contributed by atoms with Crippen molar-refractivity contribution in [1.82, 2.24) is 0 Å². The largest absolute Gasteiger partial charge is 0.358 e. The van der Waals surface area contributed by atoms with Crippen LogP contribution >= 0.6 is 0 Å². The minimum Gasteiger partial charge on any atom is -0.358 e. The SMILES string of the molecule is [CH-]=C(CC[CH]=[Rh])OCC1CO1.[CH3-]. The summed E-state index contributed by atoms with van der Waals surface area (Å²) in [5, 5.41) is 0. The average molecular weight is 257 g/mol. The van der Waals surface area contributed by atoms with Crippen LogP contribution in [0.25, 0.3) is 0 Å². The molecule has 0 radical (unpaired) electrons. The van der Waals surface area contributed by atoms with Crippen molar-refractivity contribution in [3.63, 3.8) is 0 Å². The third-order valence-corrected chi connectivity index (χ3v) is 1.82. The van der Waals surface area contributed by atoms with Gasteiger partial charge in [0, 0.05) is 0 Å². The number of rotatable bonds is 6. The topological polar surface area (TPSA) is 21.8 Å². The van der Waals surface area contributed by atoms with Crippen LogP contribution in [0.5, 0.6) is 0 Å². The average Bonchev–Trinajstić information content (AvgIpc) is 2.80. The molecule has 0 N–H and O–H groups in total. The molecule has 0 amide bonds. The number of epoxide rings is 1. The molecule has 0 spiro atoms. The first-order valence-corrected chi connectivity index (χ1v) is 4.52. The van der Waals surface area contributed by atoms with E-state index in [1.807, 2.05) is 4.61 Å². The van der Waals surface area contributed by atoms with Crippen LogP contribution in [0.2, 0.25) is 0 Å². The first-order chi connectivity index (χ1) is 5.33. The zero-order valence-corrected chi connectivity index (χ0v) is 8.85. The third-order valence-electron chi connectivity index (χ3n) is 1.34. The molecule has 73 valence electrons. The molecule has 1 aliphatic heterocycles. The van der Waals surface area contributed by atoms with Crippen molar-refractivity contribution in [1.29, 1.82) is 0 Å². The molecule has 1 heterocycles. The monoisotopic (exact) mass is 257 g/mol. The normalized spacial score (nSPS) is 19.2. The van der Waals surface area contributed by atoms with Gasteiger partial charge in [0.15, 0.2) is 0 Å². The van der Waals surface area contributed by atoms with Gasteiger partial charge in [0.25, 0.3) is 0 Å². The number of allylic oxidation sites excluding steroid dienone is 1. The molecule has 0 aromatic rings. The molecule has 0 saturated carbocycles. The van der Waals surface area contributed by atoms with Gasteiger partial charge in [0.1, 0.15) is 0 Å². The Kier molecular flexibility index (Phi) is 6.50. The van der Waals surface area contributed by atoms with Crippen LogP contribution in [0.4, 0.5) is 0 Å². The van der Waals surface area contributed by atoms with E-state index in [2.05, 4.69) is 17.9 Å². The van der Waals surface area contributed by atoms with Crippen molar-refractivity contribution >= 4 is 4.61 Å². The molecule has 1 atom stereocenters. The van der Waals surface area contributed by atoms with Gasteiger partial charge < -0.3 is 7.43 Å². The van der Waals surface area contributed by atoms with E-state index in [0.29, 0.717) is 18.5 Å². The van der Waals surface area contributed by atoms with Gasteiger partial charge in [-0.2, -0.15) is 0 Å². The van der Waals surface area contributed by atoms with Gasteiger partial charge in [-0.05, 0) is 0 Å². The zero-order valence-electron chi connectivity index (χ0n) is 7.21. The molecule has 3 heteroatoms. The van der Waals surface area contributed by atoms with Crippen LogP contribution in [0.1, 0.15) is 12.8 Å². The Morgan fingerprint density at radius 2 is 2.42 bits per heavy atom. The Morgan fingerprint density at radius 1 is 1.75 bits per heavy atom. The summed E-state index contributed by atoms with van der Waals surface area (Å²) >= 11 is 2.71. The molecule has 0 aromatic heterocycles. The van der Waals surface area contributed by atoms with Crippen LogP contribution in [-0.4, -0.2) is 23.9 Å². The van der Waals surface area contributed by atoms with E-state index in [9.17, 15) is 0 Å². The maximum atomic E-state index is 5.54. The van der Waals surface area contributed by atoms with E-state index in [-0.39, 0.29) is 7.43 Å². The van der Waals surface area contributed by atoms with Gasteiger partial charge in [0.2, 0.25) is 0 Å². The summed E-state index contributed by atoms with van der Waals surface area (Å²) in [6.45, 7) is 6.98.